The van der Waals surface area contributed by atoms with E-state index in [-0.39, 0.29) is 0 Å². The van der Waals surface area contributed by atoms with Gasteiger partial charge in [-0.3, -0.25) is 0 Å². The third-order valence-corrected chi connectivity index (χ3v) is 2.47. The lowest BCUT2D eigenvalue weighted by Gasteiger charge is -1.94. The van der Waals surface area contributed by atoms with Crippen LogP contribution in [0.25, 0.3) is 23.0 Å². The van der Waals surface area contributed by atoms with Crippen molar-refractivity contribution in [3.8, 4) is 23.0 Å². The zero-order valence-electron chi connectivity index (χ0n) is 9.25. The first kappa shape index (κ1) is 9.84. The van der Waals surface area contributed by atoms with Gasteiger partial charge in [-0.05, 0) is 31.2 Å². The van der Waals surface area contributed by atoms with Crippen LogP contribution in [0.2, 0.25) is 0 Å². The minimum absolute atomic E-state index is 0.463. The molecule has 3 rings (SSSR count). The summed E-state index contributed by atoms with van der Waals surface area (Å²) in [6.07, 6.45) is 1.58. The predicted molar refractivity (Wildman–Crippen MR) is 62.2 cm³/mol. The van der Waals surface area contributed by atoms with Crippen LogP contribution >= 0.6 is 0 Å². The molecule has 0 radical (unpaired) electrons. The molecule has 2 aromatic heterocycles. The Labute approximate surface area is 97.9 Å². The number of aryl methyl sites for hydroxylation is 1. The largest absolute Gasteiger partial charge is 0.461 e. The molecular formula is C13H10N2O2. The van der Waals surface area contributed by atoms with Crippen molar-refractivity contribution >= 4 is 0 Å². The van der Waals surface area contributed by atoms with Crippen molar-refractivity contribution in [2.24, 2.45) is 0 Å². The van der Waals surface area contributed by atoms with Crippen LogP contribution in [-0.4, -0.2) is 10.1 Å². The van der Waals surface area contributed by atoms with E-state index in [1.165, 1.54) is 5.56 Å². The summed E-state index contributed by atoms with van der Waals surface area (Å²) in [5.74, 6) is 1.56. The molecule has 0 N–H and O–H groups in total. The molecule has 0 bridgehead atoms. The normalized spacial score (nSPS) is 10.6. The second-order valence-corrected chi connectivity index (χ2v) is 3.77. The molecule has 0 unspecified atom stereocenters. The van der Waals surface area contributed by atoms with Gasteiger partial charge in [0.15, 0.2) is 5.76 Å². The first-order chi connectivity index (χ1) is 8.33. The van der Waals surface area contributed by atoms with E-state index in [4.69, 9.17) is 8.94 Å². The minimum atomic E-state index is 0.463. The average Bonchev–Trinajstić information content (AvgIpc) is 3.00. The lowest BCUT2D eigenvalue weighted by atomic mass is 10.1. The molecule has 0 aliphatic carbocycles. The molecular weight excluding hydrogens is 216 g/mol. The Hall–Kier alpha value is -2.36. The second kappa shape index (κ2) is 3.90. The quantitative estimate of drug-likeness (QED) is 0.672. The van der Waals surface area contributed by atoms with Gasteiger partial charge in [0, 0.05) is 5.56 Å². The topological polar surface area (TPSA) is 52.1 Å². The van der Waals surface area contributed by atoms with E-state index in [0.717, 1.165) is 5.56 Å². The van der Waals surface area contributed by atoms with Crippen molar-refractivity contribution in [3.05, 3.63) is 48.2 Å². The number of furan rings is 1. The van der Waals surface area contributed by atoms with Gasteiger partial charge in [-0.25, -0.2) is 0 Å². The number of hydrogen-bond donors (Lipinski definition) is 0. The van der Waals surface area contributed by atoms with Crippen molar-refractivity contribution in [2.45, 2.75) is 6.92 Å². The summed E-state index contributed by atoms with van der Waals surface area (Å²) in [4.78, 5) is 4.28. The van der Waals surface area contributed by atoms with Gasteiger partial charge < -0.3 is 8.94 Å². The molecule has 0 saturated heterocycles. The molecule has 3 aromatic rings. The van der Waals surface area contributed by atoms with E-state index in [1.54, 1.807) is 18.4 Å². The summed E-state index contributed by atoms with van der Waals surface area (Å²) in [5.41, 5.74) is 2.10. The van der Waals surface area contributed by atoms with Crippen LogP contribution < -0.4 is 0 Å². The zero-order valence-corrected chi connectivity index (χ0v) is 9.25. The minimum Gasteiger partial charge on any atom is -0.461 e. The van der Waals surface area contributed by atoms with Crippen molar-refractivity contribution in [3.63, 3.8) is 0 Å². The van der Waals surface area contributed by atoms with Crippen molar-refractivity contribution in [2.75, 3.05) is 0 Å². The molecule has 0 spiro atoms. The standard InChI is InChI=1S/C13H10N2O2/c1-9-4-6-10(7-5-9)13-14-12(15-17-13)11-3-2-8-16-11/h2-8H,1H3. The van der Waals surface area contributed by atoms with Crippen LogP contribution in [0, 0.1) is 6.92 Å². The van der Waals surface area contributed by atoms with Gasteiger partial charge in [0.2, 0.25) is 5.82 Å². The summed E-state index contributed by atoms with van der Waals surface area (Å²) in [5, 5.41) is 3.88. The monoisotopic (exact) mass is 226 g/mol. The highest BCUT2D eigenvalue weighted by atomic mass is 16.5. The number of nitrogens with zero attached hydrogens (tertiary/aromatic N) is 2. The maximum Gasteiger partial charge on any atom is 0.258 e. The summed E-state index contributed by atoms with van der Waals surface area (Å²) < 4.78 is 10.4. The first-order valence-corrected chi connectivity index (χ1v) is 5.27. The molecule has 0 saturated carbocycles. The van der Waals surface area contributed by atoms with Crippen LogP contribution in [0.1, 0.15) is 5.56 Å². The third kappa shape index (κ3) is 1.85. The summed E-state index contributed by atoms with van der Waals surface area (Å²) in [7, 11) is 0. The van der Waals surface area contributed by atoms with Gasteiger partial charge in [-0.2, -0.15) is 4.98 Å². The van der Waals surface area contributed by atoms with E-state index in [9.17, 15) is 0 Å². The Bertz CT molecular complexity index is 609. The fraction of sp³-hybridized carbons (Fsp3) is 0.0769. The lowest BCUT2D eigenvalue weighted by molar-refractivity contribution is 0.429. The van der Waals surface area contributed by atoms with Crippen molar-refractivity contribution in [1.82, 2.24) is 10.1 Å². The highest BCUT2D eigenvalue weighted by Gasteiger charge is 2.11. The molecule has 4 nitrogen and oxygen atoms in total. The molecule has 2 heterocycles. The van der Waals surface area contributed by atoms with E-state index in [1.807, 2.05) is 31.2 Å². The van der Waals surface area contributed by atoms with E-state index in [0.29, 0.717) is 17.5 Å². The molecule has 0 atom stereocenters. The summed E-state index contributed by atoms with van der Waals surface area (Å²) >= 11 is 0. The van der Waals surface area contributed by atoms with Crippen LogP contribution in [0.4, 0.5) is 0 Å². The molecule has 4 heteroatoms. The highest BCUT2D eigenvalue weighted by Crippen LogP contribution is 2.22. The smallest absolute Gasteiger partial charge is 0.258 e. The van der Waals surface area contributed by atoms with E-state index < -0.39 is 0 Å². The van der Waals surface area contributed by atoms with Crippen molar-refractivity contribution < 1.29 is 8.94 Å². The second-order valence-electron chi connectivity index (χ2n) is 3.77. The number of rotatable bonds is 2. The van der Waals surface area contributed by atoms with Gasteiger partial charge in [0.05, 0.1) is 6.26 Å². The molecule has 17 heavy (non-hydrogen) atoms. The van der Waals surface area contributed by atoms with E-state index >= 15 is 0 Å². The van der Waals surface area contributed by atoms with Gasteiger partial charge in [0.1, 0.15) is 0 Å². The van der Waals surface area contributed by atoms with E-state index in [2.05, 4.69) is 10.1 Å². The van der Waals surface area contributed by atoms with Crippen LogP contribution in [0.15, 0.2) is 51.6 Å². The third-order valence-electron chi connectivity index (χ3n) is 2.47. The fourth-order valence-electron chi connectivity index (χ4n) is 1.54. The molecule has 0 fully saturated rings. The average molecular weight is 226 g/mol. The van der Waals surface area contributed by atoms with Gasteiger partial charge in [-0.15, -0.1) is 0 Å². The number of benzene rings is 1. The molecule has 0 aliphatic heterocycles. The molecule has 0 amide bonds. The van der Waals surface area contributed by atoms with Crippen LogP contribution in [0.3, 0.4) is 0 Å². The van der Waals surface area contributed by atoms with Crippen molar-refractivity contribution in [1.29, 1.82) is 0 Å². The molecule has 1 aromatic carbocycles. The Morgan fingerprint density at radius 3 is 2.59 bits per heavy atom. The predicted octanol–water partition coefficient (Wildman–Crippen LogP) is 3.31. The molecule has 84 valence electrons. The molecule has 0 aliphatic rings. The van der Waals surface area contributed by atoms with Gasteiger partial charge in [-0.1, -0.05) is 22.9 Å². The van der Waals surface area contributed by atoms with Crippen LogP contribution in [0.5, 0.6) is 0 Å². The fourth-order valence-corrected chi connectivity index (χ4v) is 1.54. The van der Waals surface area contributed by atoms with Gasteiger partial charge >= 0.3 is 0 Å². The first-order valence-electron chi connectivity index (χ1n) is 5.27. The summed E-state index contributed by atoms with van der Waals surface area (Å²) in [6.45, 7) is 2.03. The lowest BCUT2D eigenvalue weighted by Crippen LogP contribution is -1.79. The Morgan fingerprint density at radius 1 is 1.06 bits per heavy atom. The maximum absolute atomic E-state index is 5.20. The maximum atomic E-state index is 5.20. The SMILES string of the molecule is Cc1ccc(-c2nc(-c3ccco3)no2)cc1. The zero-order chi connectivity index (χ0) is 11.7. The van der Waals surface area contributed by atoms with Gasteiger partial charge in [0.25, 0.3) is 5.89 Å². The Balaban J connectivity index is 1.98. The Morgan fingerprint density at radius 2 is 1.88 bits per heavy atom. The number of aromatic nitrogens is 2. The Kier molecular flexibility index (Phi) is 2.26. The van der Waals surface area contributed by atoms with Crippen LogP contribution in [-0.2, 0) is 0 Å². The number of hydrogen-bond acceptors (Lipinski definition) is 4. The highest BCUT2D eigenvalue weighted by molar-refractivity contribution is 5.56. The summed E-state index contributed by atoms with van der Waals surface area (Å²) in [6, 6.07) is 11.5.